The average Bonchev–Trinajstić information content (AvgIpc) is 2.56. The number of alkyl halides is 2. The molecular weight excluding hydrogens is 332 g/mol. The van der Waals surface area contributed by atoms with Gasteiger partial charge in [0.1, 0.15) is 12.3 Å². The van der Waals surface area contributed by atoms with Crippen LogP contribution in [0.25, 0.3) is 0 Å². The Morgan fingerprint density at radius 2 is 1.92 bits per heavy atom. The van der Waals surface area contributed by atoms with Crippen molar-refractivity contribution in [3.63, 3.8) is 0 Å². The van der Waals surface area contributed by atoms with Crippen LogP contribution >= 0.6 is 0 Å². The van der Waals surface area contributed by atoms with Gasteiger partial charge in [0, 0.05) is 12.6 Å². The number of rotatable bonds is 8. The van der Waals surface area contributed by atoms with E-state index in [0.29, 0.717) is 6.29 Å². The summed E-state index contributed by atoms with van der Waals surface area (Å²) in [5.74, 6) is -0.604. The van der Waals surface area contributed by atoms with Crippen molar-refractivity contribution in [2.75, 3.05) is 6.61 Å². The molecule has 0 amide bonds. The minimum atomic E-state index is -2.98. The molecule has 0 N–H and O–H groups in total. The number of hydrogen-bond acceptors (Lipinski definition) is 4. The molecule has 0 radical (unpaired) electrons. The Morgan fingerprint density at radius 3 is 2.36 bits per heavy atom. The number of aldehydes is 1. The van der Waals surface area contributed by atoms with E-state index in [2.05, 4.69) is 0 Å². The van der Waals surface area contributed by atoms with E-state index in [4.69, 9.17) is 4.74 Å². The van der Waals surface area contributed by atoms with Gasteiger partial charge in [0.25, 0.3) is 12.0 Å². The molecule has 1 atom stereocenters. The van der Waals surface area contributed by atoms with Gasteiger partial charge in [-0.3, -0.25) is 4.79 Å². The van der Waals surface area contributed by atoms with Crippen molar-refractivity contribution in [1.82, 2.24) is 4.57 Å². The predicted octanol–water partition coefficient (Wildman–Crippen LogP) is 3.70. The summed E-state index contributed by atoms with van der Waals surface area (Å²) in [4.78, 5) is 35.1. The topological polar surface area (TPSA) is 65.4 Å². The maximum atomic E-state index is 13.1. The monoisotopic (exact) mass is 359 g/mol. The zero-order valence-corrected chi connectivity index (χ0v) is 15.4. The highest BCUT2D eigenvalue weighted by atomic mass is 19.3. The third-order valence-corrected chi connectivity index (χ3v) is 3.27. The minimum absolute atomic E-state index is 0.0426. The Kier molecular flexibility index (Phi) is 10.6. The predicted molar refractivity (Wildman–Crippen MR) is 91.9 cm³/mol. The molecule has 1 aromatic heterocycles. The zero-order chi connectivity index (χ0) is 19.6. The fourth-order valence-electron chi connectivity index (χ4n) is 2.29. The van der Waals surface area contributed by atoms with Crippen LogP contribution in [0.4, 0.5) is 8.78 Å². The maximum absolute atomic E-state index is 13.1. The number of carbonyl (C=O) groups excluding carboxylic acids is 2. The summed E-state index contributed by atoms with van der Waals surface area (Å²) in [6.07, 6.45) is -0.987. The van der Waals surface area contributed by atoms with E-state index < -0.39 is 29.6 Å². The lowest BCUT2D eigenvalue weighted by atomic mass is 10.0. The van der Waals surface area contributed by atoms with Crippen LogP contribution in [0.3, 0.4) is 0 Å². The lowest BCUT2D eigenvalue weighted by Crippen LogP contribution is -2.34. The Morgan fingerprint density at radius 1 is 1.32 bits per heavy atom. The summed E-state index contributed by atoms with van der Waals surface area (Å²) in [5, 5.41) is 0. The highest BCUT2D eigenvalue weighted by molar-refractivity contribution is 5.74. The highest BCUT2D eigenvalue weighted by Crippen LogP contribution is 2.22. The molecule has 0 aliphatic carbocycles. The van der Waals surface area contributed by atoms with Gasteiger partial charge in [-0.15, -0.1) is 0 Å². The van der Waals surface area contributed by atoms with Gasteiger partial charge in [0.05, 0.1) is 12.2 Å². The van der Waals surface area contributed by atoms with Crippen molar-refractivity contribution in [1.29, 1.82) is 0 Å². The van der Waals surface area contributed by atoms with Crippen LogP contribution in [0.15, 0.2) is 17.1 Å². The summed E-state index contributed by atoms with van der Waals surface area (Å²) < 4.78 is 32.1. The van der Waals surface area contributed by atoms with Crippen LogP contribution in [0.2, 0.25) is 0 Å². The number of pyridine rings is 1. The number of carbonyl (C=O) groups is 2. The molecule has 0 aliphatic heterocycles. The molecule has 0 spiro atoms. The SMILES string of the molecule is CC.CCOC(=O)C(CC(C)C)n1cc(CC=O)cc(C(F)F)c1=O. The molecule has 0 bridgehead atoms. The lowest BCUT2D eigenvalue weighted by molar-refractivity contribution is -0.147. The third kappa shape index (κ3) is 6.76. The van der Waals surface area contributed by atoms with Crippen LogP contribution in [0.1, 0.15) is 64.6 Å². The average molecular weight is 359 g/mol. The first-order valence-corrected chi connectivity index (χ1v) is 8.45. The molecule has 1 heterocycles. The number of hydrogen-bond donors (Lipinski definition) is 0. The quantitative estimate of drug-likeness (QED) is 0.524. The van der Waals surface area contributed by atoms with Crippen molar-refractivity contribution in [2.24, 2.45) is 5.92 Å². The molecule has 0 aromatic carbocycles. The summed E-state index contributed by atoms with van der Waals surface area (Å²) >= 11 is 0. The third-order valence-electron chi connectivity index (χ3n) is 3.27. The van der Waals surface area contributed by atoms with Crippen molar-refractivity contribution in [3.8, 4) is 0 Å². The normalized spacial score (nSPS) is 11.7. The Hall–Kier alpha value is -2.05. The van der Waals surface area contributed by atoms with Crippen LogP contribution in [-0.4, -0.2) is 23.4 Å². The second-order valence-electron chi connectivity index (χ2n) is 5.58. The molecule has 1 unspecified atom stereocenters. The van der Waals surface area contributed by atoms with Crippen LogP contribution in [0.5, 0.6) is 0 Å². The zero-order valence-electron chi connectivity index (χ0n) is 15.4. The lowest BCUT2D eigenvalue weighted by Gasteiger charge is -2.21. The van der Waals surface area contributed by atoms with Gasteiger partial charge >= 0.3 is 5.97 Å². The molecule has 25 heavy (non-hydrogen) atoms. The molecule has 1 aromatic rings. The molecular formula is C18H27F2NO4. The fourth-order valence-corrected chi connectivity index (χ4v) is 2.29. The summed E-state index contributed by atoms with van der Waals surface area (Å²) in [6, 6.07) is 0.0155. The molecule has 0 saturated heterocycles. The Bertz CT molecular complexity index is 612. The van der Waals surface area contributed by atoms with Gasteiger partial charge in [-0.25, -0.2) is 13.6 Å². The molecule has 7 heteroatoms. The van der Waals surface area contributed by atoms with Gasteiger partial charge in [0.15, 0.2) is 0 Å². The Labute approximate surface area is 147 Å². The van der Waals surface area contributed by atoms with Gasteiger partial charge in [0.2, 0.25) is 0 Å². The number of ether oxygens (including phenoxy) is 1. The molecule has 0 saturated carbocycles. The van der Waals surface area contributed by atoms with E-state index in [-0.39, 0.29) is 30.9 Å². The van der Waals surface area contributed by atoms with E-state index in [1.54, 1.807) is 6.92 Å². The first-order chi connectivity index (χ1) is 11.8. The first-order valence-electron chi connectivity index (χ1n) is 8.45. The maximum Gasteiger partial charge on any atom is 0.329 e. The molecule has 142 valence electrons. The minimum Gasteiger partial charge on any atom is -0.464 e. The molecule has 0 fully saturated rings. The van der Waals surface area contributed by atoms with Gasteiger partial charge in [-0.05, 0) is 30.9 Å². The second kappa shape index (κ2) is 11.5. The van der Waals surface area contributed by atoms with Gasteiger partial charge in [-0.2, -0.15) is 0 Å². The molecule has 0 aliphatic rings. The van der Waals surface area contributed by atoms with E-state index in [9.17, 15) is 23.2 Å². The molecule has 1 rings (SSSR count). The Balaban J connectivity index is 0.00000277. The van der Waals surface area contributed by atoms with Crippen molar-refractivity contribution in [3.05, 3.63) is 33.7 Å². The summed E-state index contributed by atoms with van der Waals surface area (Å²) in [6.45, 7) is 9.44. The standard InChI is InChI=1S/C16H21F2NO4.C2H6/c1-4-23-16(22)13(7-10(2)3)19-9-11(5-6-20)8-12(14(17)18)15(19)21;1-2/h6,8-10,13-14H,4-5,7H2,1-3H3;1-2H3. The van der Waals surface area contributed by atoms with E-state index in [0.717, 1.165) is 10.6 Å². The first kappa shape index (κ1) is 22.9. The number of halogens is 2. The van der Waals surface area contributed by atoms with E-state index in [1.165, 1.54) is 6.20 Å². The second-order valence-corrected chi connectivity index (χ2v) is 5.58. The number of nitrogens with zero attached hydrogens (tertiary/aromatic N) is 1. The van der Waals surface area contributed by atoms with Crippen molar-refractivity contribution in [2.45, 2.75) is 59.9 Å². The van der Waals surface area contributed by atoms with Crippen molar-refractivity contribution >= 4 is 12.3 Å². The number of aromatic nitrogens is 1. The van der Waals surface area contributed by atoms with E-state index in [1.807, 2.05) is 27.7 Å². The number of esters is 1. The van der Waals surface area contributed by atoms with Crippen LogP contribution in [0, 0.1) is 5.92 Å². The van der Waals surface area contributed by atoms with Crippen molar-refractivity contribution < 1.29 is 23.1 Å². The summed E-state index contributed by atoms with van der Waals surface area (Å²) in [5.41, 5.74) is -1.40. The molecule has 5 nitrogen and oxygen atoms in total. The van der Waals surface area contributed by atoms with Crippen LogP contribution in [-0.2, 0) is 20.7 Å². The van der Waals surface area contributed by atoms with Gasteiger partial charge in [-0.1, -0.05) is 27.7 Å². The van der Waals surface area contributed by atoms with E-state index >= 15 is 0 Å². The highest BCUT2D eigenvalue weighted by Gasteiger charge is 2.27. The largest absolute Gasteiger partial charge is 0.464 e. The smallest absolute Gasteiger partial charge is 0.329 e. The summed E-state index contributed by atoms with van der Waals surface area (Å²) in [7, 11) is 0. The van der Waals surface area contributed by atoms with Crippen LogP contribution < -0.4 is 5.56 Å². The fraction of sp³-hybridized carbons (Fsp3) is 0.611. The van der Waals surface area contributed by atoms with Gasteiger partial charge < -0.3 is 14.1 Å².